The zero-order chi connectivity index (χ0) is 11.8. The highest BCUT2D eigenvalue weighted by atomic mass is 14.9. The van der Waals surface area contributed by atoms with Gasteiger partial charge in [-0.25, -0.2) is 0 Å². The third-order valence-electron chi connectivity index (χ3n) is 4.62. The monoisotopic (exact) mass is 230 g/mol. The number of benzene rings is 1. The van der Waals surface area contributed by atoms with Gasteiger partial charge in [0.1, 0.15) is 0 Å². The van der Waals surface area contributed by atoms with E-state index in [4.69, 9.17) is 5.73 Å². The van der Waals surface area contributed by atoms with Crippen LogP contribution in [-0.4, -0.2) is 6.04 Å². The van der Waals surface area contributed by atoms with E-state index in [1.54, 1.807) is 0 Å². The smallest absolute Gasteiger partial charge is 0.0367 e. The van der Waals surface area contributed by atoms with Crippen molar-refractivity contribution in [3.05, 3.63) is 23.8 Å². The Hall–Kier alpha value is -1.18. The standard InChI is InChI=1S/C15H22N2/c1-2-11-5-6-13(9-14(11)16)17-15-8-10-3-4-12(15)7-10/h5-6,9-10,12,15,17H,2-4,7-8,16H2,1H3. The number of nitrogens with one attached hydrogen (secondary N) is 1. The minimum absolute atomic E-state index is 0.695. The number of nitrogens with two attached hydrogens (primary N) is 1. The average Bonchev–Trinajstić information content (AvgIpc) is 2.91. The van der Waals surface area contributed by atoms with Gasteiger partial charge >= 0.3 is 0 Å². The lowest BCUT2D eigenvalue weighted by Gasteiger charge is -2.24. The number of hydrogen-bond acceptors (Lipinski definition) is 2. The maximum atomic E-state index is 6.04. The zero-order valence-electron chi connectivity index (χ0n) is 10.6. The second-order valence-corrected chi connectivity index (χ2v) is 5.69. The molecule has 17 heavy (non-hydrogen) atoms. The van der Waals surface area contributed by atoms with E-state index in [0.717, 1.165) is 23.9 Å². The van der Waals surface area contributed by atoms with E-state index >= 15 is 0 Å². The third-order valence-corrected chi connectivity index (χ3v) is 4.62. The minimum atomic E-state index is 0.695. The second kappa shape index (κ2) is 4.25. The molecule has 2 aliphatic carbocycles. The van der Waals surface area contributed by atoms with Crippen molar-refractivity contribution in [2.24, 2.45) is 11.8 Å². The molecule has 2 aliphatic rings. The fourth-order valence-corrected chi connectivity index (χ4v) is 3.64. The molecule has 0 heterocycles. The Balaban J connectivity index is 1.71. The van der Waals surface area contributed by atoms with E-state index < -0.39 is 0 Å². The van der Waals surface area contributed by atoms with Crippen LogP contribution in [0.4, 0.5) is 11.4 Å². The van der Waals surface area contributed by atoms with E-state index in [-0.39, 0.29) is 0 Å². The van der Waals surface area contributed by atoms with Crippen molar-refractivity contribution in [2.75, 3.05) is 11.1 Å². The van der Waals surface area contributed by atoms with Gasteiger partial charge in [0.25, 0.3) is 0 Å². The molecule has 3 rings (SSSR count). The summed E-state index contributed by atoms with van der Waals surface area (Å²) >= 11 is 0. The number of fused-ring (bicyclic) bond motifs is 2. The van der Waals surface area contributed by atoms with Crippen LogP contribution in [0.3, 0.4) is 0 Å². The van der Waals surface area contributed by atoms with Crippen LogP contribution in [0.5, 0.6) is 0 Å². The van der Waals surface area contributed by atoms with E-state index in [9.17, 15) is 0 Å². The molecule has 2 bridgehead atoms. The summed E-state index contributed by atoms with van der Waals surface area (Å²) < 4.78 is 0. The first-order valence-corrected chi connectivity index (χ1v) is 6.91. The van der Waals surface area contributed by atoms with Crippen molar-refractivity contribution >= 4 is 11.4 Å². The first kappa shape index (κ1) is 10.9. The number of anilines is 2. The summed E-state index contributed by atoms with van der Waals surface area (Å²) in [5.74, 6) is 1.90. The van der Waals surface area contributed by atoms with Crippen molar-refractivity contribution in [2.45, 2.75) is 45.1 Å². The van der Waals surface area contributed by atoms with Gasteiger partial charge in [0, 0.05) is 17.4 Å². The number of nitrogen functional groups attached to an aromatic ring is 1. The van der Waals surface area contributed by atoms with E-state index in [0.29, 0.717) is 6.04 Å². The summed E-state index contributed by atoms with van der Waals surface area (Å²) in [7, 11) is 0. The molecule has 2 fully saturated rings. The predicted molar refractivity (Wildman–Crippen MR) is 73.1 cm³/mol. The number of aryl methyl sites for hydroxylation is 1. The molecule has 0 radical (unpaired) electrons. The second-order valence-electron chi connectivity index (χ2n) is 5.69. The van der Waals surface area contributed by atoms with Gasteiger partial charge in [-0.15, -0.1) is 0 Å². The lowest BCUT2D eigenvalue weighted by atomic mass is 9.95. The van der Waals surface area contributed by atoms with Crippen LogP contribution >= 0.6 is 0 Å². The molecule has 3 atom stereocenters. The molecule has 0 amide bonds. The fraction of sp³-hybridized carbons (Fsp3) is 0.600. The van der Waals surface area contributed by atoms with Gasteiger partial charge in [-0.3, -0.25) is 0 Å². The van der Waals surface area contributed by atoms with Crippen molar-refractivity contribution in [3.63, 3.8) is 0 Å². The Labute approximate surface area is 104 Å². The molecule has 2 nitrogen and oxygen atoms in total. The van der Waals surface area contributed by atoms with Crippen LogP contribution in [-0.2, 0) is 6.42 Å². The van der Waals surface area contributed by atoms with E-state index in [1.165, 1.54) is 36.9 Å². The van der Waals surface area contributed by atoms with Crippen LogP contribution in [0, 0.1) is 11.8 Å². The van der Waals surface area contributed by atoms with Gasteiger partial charge in [0.2, 0.25) is 0 Å². The third kappa shape index (κ3) is 2.01. The lowest BCUT2D eigenvalue weighted by molar-refractivity contribution is 0.440. The summed E-state index contributed by atoms with van der Waals surface area (Å²) in [6, 6.07) is 7.14. The van der Waals surface area contributed by atoms with Crippen molar-refractivity contribution in [1.82, 2.24) is 0 Å². The topological polar surface area (TPSA) is 38.0 Å². The molecule has 1 aromatic rings. The first-order chi connectivity index (χ1) is 8.26. The Kier molecular flexibility index (Phi) is 2.73. The van der Waals surface area contributed by atoms with Gasteiger partial charge in [0.05, 0.1) is 0 Å². The number of rotatable bonds is 3. The SMILES string of the molecule is CCc1ccc(NC2CC3CCC2C3)cc1N. The van der Waals surface area contributed by atoms with E-state index in [2.05, 4.69) is 30.4 Å². The largest absolute Gasteiger partial charge is 0.398 e. The molecule has 3 N–H and O–H groups in total. The highest BCUT2D eigenvalue weighted by Gasteiger charge is 2.39. The molecule has 0 spiro atoms. The maximum absolute atomic E-state index is 6.04. The Morgan fingerprint density at radius 2 is 2.18 bits per heavy atom. The normalized spacial score (nSPS) is 30.8. The Morgan fingerprint density at radius 3 is 2.76 bits per heavy atom. The van der Waals surface area contributed by atoms with Gasteiger partial charge in [-0.05, 0) is 55.2 Å². The summed E-state index contributed by atoms with van der Waals surface area (Å²) in [5.41, 5.74) is 9.43. The molecule has 2 saturated carbocycles. The fourth-order valence-electron chi connectivity index (χ4n) is 3.64. The minimum Gasteiger partial charge on any atom is -0.398 e. The molecule has 2 heteroatoms. The summed E-state index contributed by atoms with van der Waals surface area (Å²) in [5, 5.41) is 3.68. The van der Waals surface area contributed by atoms with Crippen LogP contribution in [0.2, 0.25) is 0 Å². The molecule has 0 aromatic heterocycles. The van der Waals surface area contributed by atoms with Crippen molar-refractivity contribution < 1.29 is 0 Å². The molecule has 0 saturated heterocycles. The molecule has 3 unspecified atom stereocenters. The highest BCUT2D eigenvalue weighted by Crippen LogP contribution is 2.45. The van der Waals surface area contributed by atoms with Gasteiger partial charge < -0.3 is 11.1 Å². The Morgan fingerprint density at radius 1 is 1.29 bits per heavy atom. The van der Waals surface area contributed by atoms with Crippen LogP contribution in [0.15, 0.2) is 18.2 Å². The quantitative estimate of drug-likeness (QED) is 0.781. The summed E-state index contributed by atoms with van der Waals surface area (Å²) in [6.07, 6.45) is 6.70. The molecule has 0 aliphatic heterocycles. The van der Waals surface area contributed by atoms with Gasteiger partial charge in [-0.1, -0.05) is 19.4 Å². The zero-order valence-corrected chi connectivity index (χ0v) is 10.6. The summed E-state index contributed by atoms with van der Waals surface area (Å²) in [6.45, 7) is 2.15. The van der Waals surface area contributed by atoms with Crippen LogP contribution in [0.1, 0.15) is 38.2 Å². The van der Waals surface area contributed by atoms with Gasteiger partial charge in [-0.2, -0.15) is 0 Å². The van der Waals surface area contributed by atoms with Crippen molar-refractivity contribution in [3.8, 4) is 0 Å². The molecular formula is C15H22N2. The van der Waals surface area contributed by atoms with Gasteiger partial charge in [0.15, 0.2) is 0 Å². The van der Waals surface area contributed by atoms with Crippen LogP contribution < -0.4 is 11.1 Å². The molecular weight excluding hydrogens is 208 g/mol. The summed E-state index contributed by atoms with van der Waals surface area (Å²) in [4.78, 5) is 0. The highest BCUT2D eigenvalue weighted by molar-refractivity contribution is 5.59. The van der Waals surface area contributed by atoms with Crippen molar-refractivity contribution in [1.29, 1.82) is 0 Å². The average molecular weight is 230 g/mol. The molecule has 92 valence electrons. The van der Waals surface area contributed by atoms with E-state index in [1.807, 2.05) is 0 Å². The Bertz CT molecular complexity index is 413. The first-order valence-electron chi connectivity index (χ1n) is 6.91. The lowest BCUT2D eigenvalue weighted by Crippen LogP contribution is -2.25. The number of hydrogen-bond donors (Lipinski definition) is 2. The predicted octanol–water partition coefficient (Wildman–Crippen LogP) is 3.43. The molecule has 1 aromatic carbocycles. The maximum Gasteiger partial charge on any atom is 0.0367 e. The van der Waals surface area contributed by atoms with Crippen LogP contribution in [0.25, 0.3) is 0 Å².